The summed E-state index contributed by atoms with van der Waals surface area (Å²) >= 11 is 0. The van der Waals surface area contributed by atoms with E-state index in [4.69, 9.17) is 0 Å². The molecule has 0 aromatic rings. The van der Waals surface area contributed by atoms with Crippen molar-refractivity contribution in [1.82, 2.24) is 4.90 Å². The van der Waals surface area contributed by atoms with Gasteiger partial charge in [0.25, 0.3) is 0 Å². The summed E-state index contributed by atoms with van der Waals surface area (Å²) in [5.74, 6) is -1.90. The second-order valence-corrected chi connectivity index (χ2v) is 8.53. The molecule has 120 valence electrons. The molecule has 1 N–H and O–H groups in total. The van der Waals surface area contributed by atoms with Gasteiger partial charge in [-0.2, -0.15) is 0 Å². The number of aliphatic carboxylic acids is 1. The van der Waals surface area contributed by atoms with Crippen molar-refractivity contribution in [3.8, 4) is 0 Å². The zero-order valence-corrected chi connectivity index (χ0v) is 13.3. The molecule has 0 spiro atoms. The molecule has 2 rings (SSSR count). The Morgan fingerprint density at radius 3 is 2.33 bits per heavy atom. The lowest BCUT2D eigenvalue weighted by molar-refractivity contribution is -0.149. The van der Waals surface area contributed by atoms with E-state index in [0.717, 1.165) is 6.42 Å². The minimum Gasteiger partial charge on any atom is -0.481 e. The number of carbonyl (C=O) groups excluding carboxylic acids is 1. The summed E-state index contributed by atoms with van der Waals surface area (Å²) < 4.78 is 23.1. The second-order valence-electron chi connectivity index (χ2n) is 6.30. The van der Waals surface area contributed by atoms with Crippen molar-refractivity contribution in [2.24, 2.45) is 17.8 Å². The Bertz CT molecular complexity index is 529. The van der Waals surface area contributed by atoms with Gasteiger partial charge in [0.2, 0.25) is 5.91 Å². The molecular weight excluding hydrogens is 294 g/mol. The fraction of sp³-hybridized carbons (Fsp3) is 0.857. The summed E-state index contributed by atoms with van der Waals surface area (Å²) in [4.78, 5) is 25.4. The number of rotatable bonds is 4. The molecule has 4 atom stereocenters. The maximum Gasteiger partial charge on any atom is 0.307 e. The maximum atomic E-state index is 12.6. The highest BCUT2D eigenvalue weighted by atomic mass is 32.2. The number of carboxylic acid groups (broad SMARTS) is 1. The fourth-order valence-corrected chi connectivity index (χ4v) is 5.32. The first-order valence-electron chi connectivity index (χ1n) is 7.45. The van der Waals surface area contributed by atoms with Crippen LogP contribution in [0.15, 0.2) is 0 Å². The van der Waals surface area contributed by atoms with Crippen molar-refractivity contribution in [2.45, 2.75) is 38.6 Å². The van der Waals surface area contributed by atoms with Gasteiger partial charge in [0.1, 0.15) is 0 Å². The highest BCUT2D eigenvalue weighted by molar-refractivity contribution is 7.91. The Labute approximate surface area is 125 Å². The number of hydrogen-bond acceptors (Lipinski definition) is 4. The van der Waals surface area contributed by atoms with E-state index in [0.29, 0.717) is 19.3 Å². The van der Waals surface area contributed by atoms with Gasteiger partial charge in [-0.05, 0) is 25.2 Å². The zero-order valence-electron chi connectivity index (χ0n) is 12.5. The van der Waals surface area contributed by atoms with Gasteiger partial charge in [0, 0.05) is 13.1 Å². The summed E-state index contributed by atoms with van der Waals surface area (Å²) in [6, 6.07) is -0.308. The van der Waals surface area contributed by atoms with Crippen LogP contribution in [0.3, 0.4) is 0 Å². The molecule has 2 fully saturated rings. The Hall–Kier alpha value is -1.11. The van der Waals surface area contributed by atoms with E-state index in [1.54, 1.807) is 7.05 Å². The van der Waals surface area contributed by atoms with Crippen molar-refractivity contribution < 1.29 is 23.1 Å². The van der Waals surface area contributed by atoms with Crippen molar-refractivity contribution >= 4 is 21.7 Å². The average Bonchev–Trinajstić information content (AvgIpc) is 3.00. The lowest BCUT2D eigenvalue weighted by Gasteiger charge is -2.28. The van der Waals surface area contributed by atoms with E-state index in [1.165, 1.54) is 4.90 Å². The first-order chi connectivity index (χ1) is 9.75. The van der Waals surface area contributed by atoms with Crippen molar-refractivity contribution in [3.05, 3.63) is 0 Å². The topological polar surface area (TPSA) is 91.8 Å². The standard InChI is InChI=1S/C14H23NO5S/c1-3-9-6-11(12(7-9)14(17)18)13(16)15(2)10-4-5-21(19,20)8-10/h9-12H,3-8H2,1-2H3,(H,17,18)/t9?,10?,11-,12+/m0/s1. The molecule has 1 saturated carbocycles. The Morgan fingerprint density at radius 1 is 1.24 bits per heavy atom. The minimum atomic E-state index is -3.05. The van der Waals surface area contributed by atoms with Crippen LogP contribution in [-0.4, -0.2) is 54.9 Å². The third-order valence-electron chi connectivity index (χ3n) is 4.98. The van der Waals surface area contributed by atoms with Gasteiger partial charge in [0.05, 0.1) is 23.3 Å². The molecule has 2 aliphatic rings. The van der Waals surface area contributed by atoms with E-state index in [1.807, 2.05) is 6.92 Å². The van der Waals surface area contributed by atoms with E-state index in [2.05, 4.69) is 0 Å². The van der Waals surface area contributed by atoms with Crippen LogP contribution in [0, 0.1) is 17.8 Å². The molecule has 1 saturated heterocycles. The average molecular weight is 317 g/mol. The molecule has 2 unspecified atom stereocenters. The highest BCUT2D eigenvalue weighted by Crippen LogP contribution is 2.39. The Balaban J connectivity index is 2.09. The third kappa shape index (κ3) is 3.39. The van der Waals surface area contributed by atoms with Gasteiger partial charge in [-0.15, -0.1) is 0 Å². The van der Waals surface area contributed by atoms with Crippen LogP contribution >= 0.6 is 0 Å². The fourth-order valence-electron chi connectivity index (χ4n) is 3.54. The summed E-state index contributed by atoms with van der Waals surface area (Å²) in [5.41, 5.74) is 0. The zero-order chi connectivity index (χ0) is 15.8. The van der Waals surface area contributed by atoms with Gasteiger partial charge < -0.3 is 10.0 Å². The van der Waals surface area contributed by atoms with Crippen molar-refractivity contribution in [1.29, 1.82) is 0 Å². The normalized spacial score (nSPS) is 34.8. The van der Waals surface area contributed by atoms with Crippen molar-refractivity contribution in [3.63, 3.8) is 0 Å². The maximum absolute atomic E-state index is 12.6. The summed E-state index contributed by atoms with van der Waals surface area (Å²) in [5, 5.41) is 9.31. The number of hydrogen-bond donors (Lipinski definition) is 1. The van der Waals surface area contributed by atoms with Gasteiger partial charge in [-0.1, -0.05) is 13.3 Å². The van der Waals surface area contributed by atoms with Crippen LogP contribution in [0.25, 0.3) is 0 Å². The SMILES string of the molecule is CCC1C[C@H](C(=O)N(C)C2CCS(=O)(=O)C2)[C@H](C(=O)O)C1. The Kier molecular flexibility index (Phi) is 4.60. The summed E-state index contributed by atoms with van der Waals surface area (Å²) in [6.45, 7) is 2.00. The monoisotopic (exact) mass is 317 g/mol. The molecule has 0 aromatic heterocycles. The third-order valence-corrected chi connectivity index (χ3v) is 6.73. The number of carbonyl (C=O) groups is 2. The van der Waals surface area contributed by atoms with Crippen LogP contribution in [0.4, 0.5) is 0 Å². The molecule has 0 radical (unpaired) electrons. The van der Waals surface area contributed by atoms with Gasteiger partial charge in [-0.25, -0.2) is 8.42 Å². The molecule has 6 nitrogen and oxygen atoms in total. The number of sulfone groups is 1. The van der Waals surface area contributed by atoms with Crippen LogP contribution in [0.2, 0.25) is 0 Å². The summed E-state index contributed by atoms with van der Waals surface area (Å²) in [6.07, 6.45) is 2.45. The quantitative estimate of drug-likeness (QED) is 0.827. The minimum absolute atomic E-state index is 0.00307. The predicted octanol–water partition coefficient (Wildman–Crippen LogP) is 0.769. The lowest BCUT2D eigenvalue weighted by Crippen LogP contribution is -2.43. The molecule has 1 aliphatic heterocycles. The van der Waals surface area contributed by atoms with E-state index >= 15 is 0 Å². The molecule has 7 heteroatoms. The molecule has 1 heterocycles. The predicted molar refractivity (Wildman–Crippen MR) is 77.5 cm³/mol. The van der Waals surface area contributed by atoms with Crippen LogP contribution in [-0.2, 0) is 19.4 Å². The van der Waals surface area contributed by atoms with Crippen LogP contribution in [0.5, 0.6) is 0 Å². The van der Waals surface area contributed by atoms with E-state index in [-0.39, 0.29) is 29.4 Å². The molecule has 0 bridgehead atoms. The van der Waals surface area contributed by atoms with E-state index < -0.39 is 27.6 Å². The first-order valence-corrected chi connectivity index (χ1v) is 9.27. The smallest absolute Gasteiger partial charge is 0.307 e. The van der Waals surface area contributed by atoms with Gasteiger partial charge in [0.15, 0.2) is 9.84 Å². The molecular formula is C14H23NO5S. The molecule has 1 aliphatic carbocycles. The van der Waals surface area contributed by atoms with Gasteiger partial charge in [-0.3, -0.25) is 9.59 Å². The highest BCUT2D eigenvalue weighted by Gasteiger charge is 2.45. The largest absolute Gasteiger partial charge is 0.481 e. The number of amides is 1. The number of carboxylic acids is 1. The molecule has 0 aromatic carbocycles. The lowest BCUT2D eigenvalue weighted by atomic mass is 9.94. The van der Waals surface area contributed by atoms with Crippen LogP contribution < -0.4 is 0 Å². The molecule has 1 amide bonds. The molecule has 21 heavy (non-hydrogen) atoms. The van der Waals surface area contributed by atoms with Gasteiger partial charge >= 0.3 is 5.97 Å². The van der Waals surface area contributed by atoms with Crippen LogP contribution in [0.1, 0.15) is 32.6 Å². The van der Waals surface area contributed by atoms with Crippen molar-refractivity contribution in [2.75, 3.05) is 18.6 Å². The summed E-state index contributed by atoms with van der Waals surface area (Å²) in [7, 11) is -1.45. The van der Waals surface area contributed by atoms with E-state index in [9.17, 15) is 23.1 Å². The Morgan fingerprint density at radius 2 is 1.86 bits per heavy atom. The number of nitrogens with zero attached hydrogens (tertiary/aromatic N) is 1. The second kappa shape index (κ2) is 5.94. The first kappa shape index (κ1) is 16.3.